The van der Waals surface area contributed by atoms with Gasteiger partial charge in [-0.25, -0.2) is 4.79 Å². The number of primary amides is 1. The van der Waals surface area contributed by atoms with Gasteiger partial charge in [0.25, 0.3) is 5.91 Å². The van der Waals surface area contributed by atoms with Gasteiger partial charge in [-0.15, -0.1) is 0 Å². The molecular weight excluding hydrogens is 316 g/mol. The maximum Gasteiger partial charge on any atom is 0.316 e. The fourth-order valence-electron chi connectivity index (χ4n) is 2.53. The number of anilines is 2. The van der Waals surface area contributed by atoms with Gasteiger partial charge in [0, 0.05) is 36.6 Å². The summed E-state index contributed by atoms with van der Waals surface area (Å²) in [5, 5.41) is 5.37. The van der Waals surface area contributed by atoms with Gasteiger partial charge in [-0.1, -0.05) is 18.2 Å². The molecule has 25 heavy (non-hydrogen) atoms. The van der Waals surface area contributed by atoms with Gasteiger partial charge in [-0.2, -0.15) is 0 Å². The zero-order valence-electron chi connectivity index (χ0n) is 14.4. The molecule has 0 atom stereocenters. The molecule has 0 spiro atoms. The van der Waals surface area contributed by atoms with Crippen LogP contribution in [0.3, 0.4) is 0 Å². The Hall–Kier alpha value is -3.02. The molecule has 2 aromatic carbocycles. The third kappa shape index (κ3) is 5.84. The van der Waals surface area contributed by atoms with Crippen LogP contribution in [0.25, 0.3) is 0 Å². The van der Waals surface area contributed by atoms with Gasteiger partial charge < -0.3 is 21.3 Å². The minimum absolute atomic E-state index is 0.131. The first-order valence-electron chi connectivity index (χ1n) is 8.35. The molecule has 0 heterocycles. The first-order chi connectivity index (χ1) is 12.1. The quantitative estimate of drug-likeness (QED) is 0.646. The topological polar surface area (TPSA) is 87.5 Å². The molecule has 4 N–H and O–H groups in total. The summed E-state index contributed by atoms with van der Waals surface area (Å²) in [6.45, 7) is 4.52. The number of benzene rings is 2. The minimum Gasteiger partial charge on any atom is -0.372 e. The monoisotopic (exact) mass is 340 g/mol. The van der Waals surface area contributed by atoms with E-state index in [4.69, 9.17) is 5.73 Å². The number of hydrogen-bond acceptors (Lipinski definition) is 3. The van der Waals surface area contributed by atoms with Gasteiger partial charge in [0.15, 0.2) is 0 Å². The van der Waals surface area contributed by atoms with Crippen molar-refractivity contribution in [1.29, 1.82) is 0 Å². The molecule has 3 amide bonds. The van der Waals surface area contributed by atoms with Gasteiger partial charge in [0.1, 0.15) is 0 Å². The second kappa shape index (κ2) is 9.32. The molecule has 0 fully saturated rings. The van der Waals surface area contributed by atoms with E-state index in [0.717, 1.165) is 19.5 Å². The minimum atomic E-state index is -0.629. The van der Waals surface area contributed by atoms with Crippen molar-refractivity contribution in [2.24, 2.45) is 5.73 Å². The van der Waals surface area contributed by atoms with Crippen LogP contribution in [0.1, 0.15) is 23.7 Å². The third-order valence-electron chi connectivity index (χ3n) is 3.81. The van der Waals surface area contributed by atoms with Crippen molar-refractivity contribution in [3.8, 4) is 0 Å². The Labute approximate surface area is 148 Å². The Kier molecular flexibility index (Phi) is 6.83. The van der Waals surface area contributed by atoms with Crippen molar-refractivity contribution >= 4 is 23.3 Å². The smallest absolute Gasteiger partial charge is 0.316 e. The van der Waals surface area contributed by atoms with E-state index in [9.17, 15) is 9.59 Å². The molecule has 6 heteroatoms. The fraction of sp³-hybridized carbons (Fsp3) is 0.263. The highest BCUT2D eigenvalue weighted by molar-refractivity contribution is 5.95. The summed E-state index contributed by atoms with van der Waals surface area (Å²) in [6.07, 6.45) is 0.857. The van der Waals surface area contributed by atoms with E-state index in [0.29, 0.717) is 17.8 Å². The molecule has 0 saturated carbocycles. The number of urea groups is 1. The van der Waals surface area contributed by atoms with Crippen LogP contribution in [0, 0.1) is 0 Å². The Bertz CT molecular complexity index is 686. The molecule has 0 bridgehead atoms. The van der Waals surface area contributed by atoms with E-state index in [1.165, 1.54) is 5.69 Å². The lowest BCUT2D eigenvalue weighted by molar-refractivity contribution is 0.0953. The summed E-state index contributed by atoms with van der Waals surface area (Å²) in [5.74, 6) is -0.131. The second-order valence-corrected chi connectivity index (χ2v) is 5.59. The van der Waals surface area contributed by atoms with Gasteiger partial charge in [-0.05, 0) is 49.7 Å². The summed E-state index contributed by atoms with van der Waals surface area (Å²) in [4.78, 5) is 25.2. The molecule has 0 saturated heterocycles. The number of para-hydroxylation sites is 1. The van der Waals surface area contributed by atoms with Crippen molar-refractivity contribution in [1.82, 2.24) is 5.32 Å². The molecule has 0 radical (unpaired) electrons. The first-order valence-corrected chi connectivity index (χ1v) is 8.35. The molecule has 132 valence electrons. The van der Waals surface area contributed by atoms with Crippen LogP contribution >= 0.6 is 0 Å². The Morgan fingerprint density at radius 1 is 1.04 bits per heavy atom. The molecule has 0 aliphatic carbocycles. The van der Waals surface area contributed by atoms with Crippen molar-refractivity contribution in [2.75, 3.05) is 29.9 Å². The lowest BCUT2D eigenvalue weighted by Crippen LogP contribution is -2.30. The van der Waals surface area contributed by atoms with E-state index in [-0.39, 0.29) is 5.91 Å². The van der Waals surface area contributed by atoms with Crippen LogP contribution < -0.4 is 21.3 Å². The van der Waals surface area contributed by atoms with Crippen LogP contribution in [0.5, 0.6) is 0 Å². The number of hydrogen-bond donors (Lipinski definition) is 3. The number of nitrogens with two attached hydrogens (primary N) is 1. The molecule has 2 rings (SSSR count). The normalized spacial score (nSPS) is 10.1. The lowest BCUT2D eigenvalue weighted by Gasteiger charge is -2.23. The summed E-state index contributed by atoms with van der Waals surface area (Å²) >= 11 is 0. The summed E-state index contributed by atoms with van der Waals surface area (Å²) < 4.78 is 0. The predicted octanol–water partition coefficient (Wildman–Crippen LogP) is 2.82. The Balaban J connectivity index is 1.77. The number of carbonyl (C=O) groups excluding carboxylic acids is 2. The SMILES string of the molecule is CCN(CCCNC(=O)c1ccc(NC(N)=O)cc1)c1ccccc1. The van der Waals surface area contributed by atoms with Crippen LogP contribution in [-0.2, 0) is 0 Å². The number of amides is 3. The average molecular weight is 340 g/mol. The zero-order chi connectivity index (χ0) is 18.1. The second-order valence-electron chi connectivity index (χ2n) is 5.59. The van der Waals surface area contributed by atoms with Crippen molar-refractivity contribution in [3.63, 3.8) is 0 Å². The maximum absolute atomic E-state index is 12.1. The lowest BCUT2D eigenvalue weighted by atomic mass is 10.2. The van der Waals surface area contributed by atoms with Gasteiger partial charge in [0.2, 0.25) is 0 Å². The highest BCUT2D eigenvalue weighted by Gasteiger charge is 2.07. The molecule has 6 nitrogen and oxygen atoms in total. The van der Waals surface area contributed by atoms with Gasteiger partial charge in [0.05, 0.1) is 0 Å². The average Bonchev–Trinajstić information content (AvgIpc) is 2.62. The summed E-state index contributed by atoms with van der Waals surface area (Å²) in [6, 6.07) is 16.2. The van der Waals surface area contributed by atoms with Crippen LogP contribution in [0.15, 0.2) is 54.6 Å². The molecular formula is C19H24N4O2. The third-order valence-corrected chi connectivity index (χ3v) is 3.81. The molecule has 0 aliphatic rings. The number of nitrogens with zero attached hydrogens (tertiary/aromatic N) is 1. The fourth-order valence-corrected chi connectivity index (χ4v) is 2.53. The Morgan fingerprint density at radius 2 is 1.72 bits per heavy atom. The maximum atomic E-state index is 12.1. The zero-order valence-corrected chi connectivity index (χ0v) is 14.4. The largest absolute Gasteiger partial charge is 0.372 e. The van der Waals surface area contributed by atoms with Crippen LogP contribution in [0.2, 0.25) is 0 Å². The standard InChI is InChI=1S/C19H24N4O2/c1-2-23(17-7-4-3-5-8-17)14-6-13-21-18(24)15-9-11-16(12-10-15)22-19(20)25/h3-5,7-12H,2,6,13-14H2,1H3,(H,21,24)(H3,20,22,25). The van der Waals surface area contributed by atoms with Gasteiger partial charge in [-0.3, -0.25) is 4.79 Å². The van der Waals surface area contributed by atoms with Crippen LogP contribution in [0.4, 0.5) is 16.2 Å². The van der Waals surface area contributed by atoms with Crippen LogP contribution in [-0.4, -0.2) is 31.6 Å². The van der Waals surface area contributed by atoms with E-state index in [1.54, 1.807) is 24.3 Å². The summed E-state index contributed by atoms with van der Waals surface area (Å²) in [5.41, 5.74) is 7.34. The van der Waals surface area contributed by atoms with Crippen molar-refractivity contribution < 1.29 is 9.59 Å². The highest BCUT2D eigenvalue weighted by Crippen LogP contribution is 2.13. The van der Waals surface area contributed by atoms with E-state index >= 15 is 0 Å². The van der Waals surface area contributed by atoms with E-state index in [1.807, 2.05) is 18.2 Å². The highest BCUT2D eigenvalue weighted by atomic mass is 16.2. The predicted molar refractivity (Wildman–Crippen MR) is 101 cm³/mol. The number of rotatable bonds is 8. The number of nitrogens with one attached hydrogen (secondary N) is 2. The van der Waals surface area contributed by atoms with E-state index < -0.39 is 6.03 Å². The molecule has 0 aliphatic heterocycles. The van der Waals surface area contributed by atoms with Crippen molar-refractivity contribution in [3.05, 3.63) is 60.2 Å². The van der Waals surface area contributed by atoms with Gasteiger partial charge >= 0.3 is 6.03 Å². The Morgan fingerprint density at radius 3 is 2.32 bits per heavy atom. The number of carbonyl (C=O) groups is 2. The molecule has 0 aromatic heterocycles. The summed E-state index contributed by atoms with van der Waals surface area (Å²) in [7, 11) is 0. The molecule has 0 unspecified atom stereocenters. The molecule has 2 aromatic rings. The van der Waals surface area contributed by atoms with E-state index in [2.05, 4.69) is 34.6 Å². The van der Waals surface area contributed by atoms with Crippen molar-refractivity contribution in [2.45, 2.75) is 13.3 Å². The first kappa shape index (κ1) is 18.3.